The van der Waals surface area contributed by atoms with Crippen molar-refractivity contribution in [3.05, 3.63) is 59.3 Å². The largest absolute Gasteiger partial charge is 0.304 e. The number of rotatable bonds is 4. The highest BCUT2D eigenvalue weighted by atomic mass is 15.2. The Morgan fingerprint density at radius 3 is 2.48 bits per heavy atom. The van der Waals surface area contributed by atoms with Crippen LogP contribution in [0.25, 0.3) is 22.3 Å². The van der Waals surface area contributed by atoms with Crippen molar-refractivity contribution >= 4 is 10.9 Å². The summed E-state index contributed by atoms with van der Waals surface area (Å²) in [7, 11) is 2.21. The molecule has 3 heterocycles. The lowest BCUT2D eigenvalue weighted by Gasteiger charge is -2.32. The van der Waals surface area contributed by atoms with E-state index in [0.717, 1.165) is 29.9 Å². The molecule has 0 unspecified atom stereocenters. The summed E-state index contributed by atoms with van der Waals surface area (Å²) in [5.74, 6) is 0. The average Bonchev–Trinajstić information content (AvgIpc) is 2.68. The van der Waals surface area contributed by atoms with Crippen LogP contribution in [0.3, 0.4) is 0 Å². The van der Waals surface area contributed by atoms with Crippen LogP contribution in [0.5, 0.6) is 0 Å². The molecule has 1 fully saturated rings. The predicted octanol–water partition coefficient (Wildman–Crippen LogP) is 3.70. The van der Waals surface area contributed by atoms with E-state index in [4.69, 9.17) is 4.98 Å². The van der Waals surface area contributed by atoms with Crippen molar-refractivity contribution in [2.45, 2.75) is 20.3 Å². The standard InChI is InChI=1S/C23H28N4/c1-17-4-6-22(24-16-17)23-14-18(2)20-15-19(5-7-21(20)25-23)8-9-27-12-10-26(3)11-13-27/h4-7,14-16H,8-13H2,1-3H3. The first-order valence-corrected chi connectivity index (χ1v) is 9.83. The summed E-state index contributed by atoms with van der Waals surface area (Å²) in [6, 6.07) is 13.0. The van der Waals surface area contributed by atoms with E-state index < -0.39 is 0 Å². The highest BCUT2D eigenvalue weighted by molar-refractivity contribution is 5.85. The molecular formula is C23H28N4. The molecule has 4 heteroatoms. The van der Waals surface area contributed by atoms with Crippen molar-refractivity contribution in [1.29, 1.82) is 0 Å². The molecule has 0 bridgehead atoms. The van der Waals surface area contributed by atoms with Gasteiger partial charge in [-0.15, -0.1) is 0 Å². The van der Waals surface area contributed by atoms with E-state index in [-0.39, 0.29) is 0 Å². The predicted molar refractivity (Wildman–Crippen MR) is 112 cm³/mol. The summed E-state index contributed by atoms with van der Waals surface area (Å²) in [4.78, 5) is 14.4. The molecule has 2 aromatic heterocycles. The zero-order valence-corrected chi connectivity index (χ0v) is 16.6. The molecule has 3 aromatic rings. The fraction of sp³-hybridized carbons (Fsp3) is 0.391. The number of aromatic nitrogens is 2. The van der Waals surface area contributed by atoms with Crippen LogP contribution in [0.15, 0.2) is 42.6 Å². The molecule has 0 aliphatic carbocycles. The number of fused-ring (bicyclic) bond motifs is 1. The molecule has 1 aliphatic rings. The van der Waals surface area contributed by atoms with Crippen molar-refractivity contribution in [1.82, 2.24) is 19.8 Å². The van der Waals surface area contributed by atoms with E-state index in [1.165, 1.54) is 48.3 Å². The molecule has 4 nitrogen and oxygen atoms in total. The number of piperazine rings is 1. The van der Waals surface area contributed by atoms with Crippen molar-refractivity contribution in [2.75, 3.05) is 39.8 Å². The molecule has 0 radical (unpaired) electrons. The van der Waals surface area contributed by atoms with Crippen LogP contribution in [0, 0.1) is 13.8 Å². The molecule has 0 spiro atoms. The number of benzene rings is 1. The van der Waals surface area contributed by atoms with Crippen LogP contribution >= 0.6 is 0 Å². The minimum atomic E-state index is 0.935. The Morgan fingerprint density at radius 2 is 1.74 bits per heavy atom. The van der Waals surface area contributed by atoms with Crippen LogP contribution in [0.2, 0.25) is 0 Å². The second-order valence-corrected chi connectivity index (χ2v) is 7.79. The third kappa shape index (κ3) is 4.18. The molecule has 0 N–H and O–H groups in total. The summed E-state index contributed by atoms with van der Waals surface area (Å²) in [5, 5.41) is 1.25. The topological polar surface area (TPSA) is 32.3 Å². The quantitative estimate of drug-likeness (QED) is 0.710. The van der Waals surface area contributed by atoms with Gasteiger partial charge in [0.25, 0.3) is 0 Å². The van der Waals surface area contributed by atoms with Crippen molar-refractivity contribution in [2.24, 2.45) is 0 Å². The van der Waals surface area contributed by atoms with E-state index in [0.29, 0.717) is 0 Å². The van der Waals surface area contributed by atoms with E-state index in [1.54, 1.807) is 0 Å². The number of hydrogen-bond donors (Lipinski definition) is 0. The van der Waals surface area contributed by atoms with Crippen LogP contribution in [-0.2, 0) is 6.42 Å². The molecule has 0 amide bonds. The van der Waals surface area contributed by atoms with Crippen LogP contribution in [-0.4, -0.2) is 59.5 Å². The normalized spacial score (nSPS) is 16.1. The Balaban J connectivity index is 1.53. The van der Waals surface area contributed by atoms with Gasteiger partial charge in [-0.1, -0.05) is 12.1 Å². The maximum atomic E-state index is 4.86. The number of likely N-dealkylation sites (N-methyl/N-ethyl adjacent to an activating group) is 1. The lowest BCUT2D eigenvalue weighted by molar-refractivity contribution is 0.155. The van der Waals surface area contributed by atoms with Gasteiger partial charge in [0, 0.05) is 44.3 Å². The highest BCUT2D eigenvalue weighted by Crippen LogP contribution is 2.24. The number of pyridine rings is 2. The van der Waals surface area contributed by atoms with E-state index >= 15 is 0 Å². The zero-order valence-electron chi connectivity index (χ0n) is 16.6. The van der Waals surface area contributed by atoms with Gasteiger partial charge >= 0.3 is 0 Å². The summed E-state index contributed by atoms with van der Waals surface area (Å²) >= 11 is 0. The lowest BCUT2D eigenvalue weighted by atomic mass is 10.0. The van der Waals surface area contributed by atoms with Gasteiger partial charge in [0.15, 0.2) is 0 Å². The van der Waals surface area contributed by atoms with Gasteiger partial charge in [0.2, 0.25) is 0 Å². The molecule has 0 atom stereocenters. The third-order valence-electron chi connectivity index (χ3n) is 5.57. The second-order valence-electron chi connectivity index (χ2n) is 7.79. The van der Waals surface area contributed by atoms with Gasteiger partial charge in [0.1, 0.15) is 0 Å². The van der Waals surface area contributed by atoms with Crippen molar-refractivity contribution in [3.8, 4) is 11.4 Å². The molecule has 140 valence electrons. The summed E-state index contributed by atoms with van der Waals surface area (Å²) in [5.41, 5.74) is 6.76. The number of aryl methyl sites for hydroxylation is 2. The van der Waals surface area contributed by atoms with Gasteiger partial charge in [-0.3, -0.25) is 4.98 Å². The van der Waals surface area contributed by atoms with Crippen molar-refractivity contribution < 1.29 is 0 Å². The Bertz CT molecular complexity index is 925. The molecule has 1 saturated heterocycles. The first-order valence-electron chi connectivity index (χ1n) is 9.83. The highest BCUT2D eigenvalue weighted by Gasteiger charge is 2.13. The van der Waals surface area contributed by atoms with Gasteiger partial charge in [-0.25, -0.2) is 4.98 Å². The lowest BCUT2D eigenvalue weighted by Crippen LogP contribution is -2.45. The minimum Gasteiger partial charge on any atom is -0.304 e. The number of nitrogens with zero attached hydrogens (tertiary/aromatic N) is 4. The maximum absolute atomic E-state index is 4.86. The Labute approximate surface area is 161 Å². The third-order valence-corrected chi connectivity index (χ3v) is 5.57. The molecular weight excluding hydrogens is 332 g/mol. The maximum Gasteiger partial charge on any atom is 0.0896 e. The minimum absolute atomic E-state index is 0.935. The van der Waals surface area contributed by atoms with Gasteiger partial charge in [0.05, 0.1) is 16.9 Å². The molecule has 1 aromatic carbocycles. The zero-order chi connectivity index (χ0) is 18.8. The van der Waals surface area contributed by atoms with Gasteiger partial charge < -0.3 is 9.80 Å². The molecule has 1 aliphatic heterocycles. The fourth-order valence-electron chi connectivity index (χ4n) is 3.71. The first kappa shape index (κ1) is 18.1. The molecule has 4 rings (SSSR count). The van der Waals surface area contributed by atoms with Gasteiger partial charge in [-0.05, 0) is 68.3 Å². The Hall–Kier alpha value is -2.30. The van der Waals surface area contributed by atoms with Crippen molar-refractivity contribution in [3.63, 3.8) is 0 Å². The van der Waals surface area contributed by atoms with E-state index in [1.807, 2.05) is 12.3 Å². The van der Waals surface area contributed by atoms with E-state index in [9.17, 15) is 0 Å². The molecule has 27 heavy (non-hydrogen) atoms. The SMILES string of the molecule is Cc1ccc(-c2cc(C)c3cc(CCN4CCN(C)CC4)ccc3n2)nc1. The smallest absolute Gasteiger partial charge is 0.0896 e. The summed E-state index contributed by atoms with van der Waals surface area (Å²) in [6.45, 7) is 10.1. The van der Waals surface area contributed by atoms with Crippen LogP contribution in [0.1, 0.15) is 16.7 Å². The van der Waals surface area contributed by atoms with Gasteiger partial charge in [-0.2, -0.15) is 0 Å². The first-order chi connectivity index (χ1) is 13.1. The van der Waals surface area contributed by atoms with Crippen LogP contribution in [0.4, 0.5) is 0 Å². The Morgan fingerprint density at radius 1 is 0.926 bits per heavy atom. The molecule has 0 saturated carbocycles. The fourth-order valence-corrected chi connectivity index (χ4v) is 3.71. The second kappa shape index (κ2) is 7.75. The summed E-state index contributed by atoms with van der Waals surface area (Å²) < 4.78 is 0. The average molecular weight is 361 g/mol. The Kier molecular flexibility index (Phi) is 5.19. The number of hydrogen-bond acceptors (Lipinski definition) is 4. The summed E-state index contributed by atoms with van der Waals surface area (Å²) in [6.07, 6.45) is 3.00. The van der Waals surface area contributed by atoms with E-state index in [2.05, 4.69) is 66.0 Å². The van der Waals surface area contributed by atoms with Crippen LogP contribution < -0.4 is 0 Å². The monoisotopic (exact) mass is 360 g/mol.